The van der Waals surface area contributed by atoms with E-state index < -0.39 is 0 Å². The number of anilines is 1. The number of carbonyl (C=O) groups excluding carboxylic acids is 1. The highest BCUT2D eigenvalue weighted by molar-refractivity contribution is 9.10. The molecule has 1 saturated heterocycles. The molecule has 2 heterocycles. The molecule has 0 spiro atoms. The Labute approximate surface area is 174 Å². The summed E-state index contributed by atoms with van der Waals surface area (Å²) in [6.07, 6.45) is 2.98. The highest BCUT2D eigenvalue weighted by Gasteiger charge is 2.36. The zero-order valence-corrected chi connectivity index (χ0v) is 17.8. The molecule has 2 aromatic carbocycles. The summed E-state index contributed by atoms with van der Waals surface area (Å²) in [7, 11) is 0. The molecular weight excluding hydrogens is 424 g/mol. The quantitative estimate of drug-likeness (QED) is 0.638. The van der Waals surface area contributed by atoms with E-state index in [1.165, 1.54) is 11.1 Å². The summed E-state index contributed by atoms with van der Waals surface area (Å²) in [5.74, 6) is 0.354. The van der Waals surface area contributed by atoms with Crippen molar-refractivity contribution in [2.24, 2.45) is 5.92 Å². The molecule has 5 heteroatoms. The fourth-order valence-corrected chi connectivity index (χ4v) is 4.92. The van der Waals surface area contributed by atoms with Gasteiger partial charge < -0.3 is 4.90 Å². The van der Waals surface area contributed by atoms with E-state index in [0.29, 0.717) is 0 Å². The first-order chi connectivity index (χ1) is 13.0. The van der Waals surface area contributed by atoms with Gasteiger partial charge in [0.1, 0.15) is 0 Å². The number of hydrogen-bond donors (Lipinski definition) is 0. The van der Waals surface area contributed by atoms with Gasteiger partial charge in [-0.3, -0.25) is 9.69 Å². The van der Waals surface area contributed by atoms with Gasteiger partial charge in [0.05, 0.1) is 5.92 Å². The lowest BCUT2D eigenvalue weighted by molar-refractivity contribution is -0.124. The molecule has 0 radical (unpaired) electrons. The van der Waals surface area contributed by atoms with Crippen LogP contribution in [0.25, 0.3) is 0 Å². The molecule has 2 atom stereocenters. The summed E-state index contributed by atoms with van der Waals surface area (Å²) in [6, 6.07) is 14.5. The van der Waals surface area contributed by atoms with Crippen molar-refractivity contribution in [1.82, 2.24) is 4.90 Å². The van der Waals surface area contributed by atoms with E-state index in [2.05, 4.69) is 52.0 Å². The molecule has 2 unspecified atom stereocenters. The molecule has 0 aromatic heterocycles. The molecule has 1 fully saturated rings. The second-order valence-electron chi connectivity index (χ2n) is 7.74. The molecule has 2 aromatic rings. The third kappa shape index (κ3) is 4.08. The van der Waals surface area contributed by atoms with Crippen molar-refractivity contribution in [3.8, 4) is 0 Å². The van der Waals surface area contributed by atoms with Crippen LogP contribution in [0.5, 0.6) is 0 Å². The number of hydrogen-bond acceptors (Lipinski definition) is 2. The van der Waals surface area contributed by atoms with Crippen LogP contribution in [-0.4, -0.2) is 29.9 Å². The van der Waals surface area contributed by atoms with Gasteiger partial charge in [-0.2, -0.15) is 0 Å². The van der Waals surface area contributed by atoms with Crippen molar-refractivity contribution in [2.45, 2.75) is 38.8 Å². The minimum atomic E-state index is 0.0723. The van der Waals surface area contributed by atoms with E-state index in [-0.39, 0.29) is 17.9 Å². The number of amides is 1. The smallest absolute Gasteiger partial charge is 0.231 e. The first-order valence-electron chi connectivity index (χ1n) is 9.59. The van der Waals surface area contributed by atoms with Crippen LogP contribution in [0.3, 0.4) is 0 Å². The van der Waals surface area contributed by atoms with Crippen molar-refractivity contribution in [3.63, 3.8) is 0 Å². The Hall–Kier alpha value is -1.36. The predicted molar refractivity (Wildman–Crippen MR) is 114 cm³/mol. The Kier molecular flexibility index (Phi) is 5.58. The monoisotopic (exact) mass is 446 g/mol. The minimum Gasteiger partial charge on any atom is -0.309 e. The first-order valence-corrected chi connectivity index (χ1v) is 10.8. The molecule has 4 rings (SSSR count). The average molecular weight is 448 g/mol. The van der Waals surface area contributed by atoms with Crippen molar-refractivity contribution in [1.29, 1.82) is 0 Å². The SMILES string of the molecule is CC1Cc2cc(Br)ccc2N1C(=O)C1CCCN(Cc2ccc(Cl)cc2)C1. The number of nitrogens with zero attached hydrogens (tertiary/aromatic N) is 2. The number of benzene rings is 2. The number of halogens is 2. The van der Waals surface area contributed by atoms with Gasteiger partial charge in [-0.15, -0.1) is 0 Å². The molecule has 2 aliphatic rings. The molecular formula is C22H24BrClN2O. The number of likely N-dealkylation sites (tertiary alicyclic amines) is 1. The van der Waals surface area contributed by atoms with Crippen molar-refractivity contribution in [2.75, 3.05) is 18.0 Å². The largest absolute Gasteiger partial charge is 0.309 e. The number of fused-ring (bicyclic) bond motifs is 1. The molecule has 1 amide bonds. The summed E-state index contributed by atoms with van der Waals surface area (Å²) >= 11 is 9.53. The van der Waals surface area contributed by atoms with E-state index in [0.717, 1.165) is 54.1 Å². The maximum atomic E-state index is 13.4. The van der Waals surface area contributed by atoms with E-state index in [4.69, 9.17) is 11.6 Å². The van der Waals surface area contributed by atoms with E-state index >= 15 is 0 Å². The number of carbonyl (C=O) groups is 1. The highest BCUT2D eigenvalue weighted by atomic mass is 79.9. The van der Waals surface area contributed by atoms with Gasteiger partial charge in [0.2, 0.25) is 5.91 Å². The predicted octanol–water partition coefficient (Wildman–Crippen LogP) is 5.29. The fourth-order valence-electron chi connectivity index (χ4n) is 4.38. The zero-order chi connectivity index (χ0) is 19.0. The van der Waals surface area contributed by atoms with Gasteiger partial charge in [0.25, 0.3) is 0 Å². The molecule has 0 saturated carbocycles. The maximum Gasteiger partial charge on any atom is 0.231 e. The van der Waals surface area contributed by atoms with E-state index in [1.54, 1.807) is 0 Å². The molecule has 2 aliphatic heterocycles. The molecule has 0 aliphatic carbocycles. The first kappa shape index (κ1) is 19.0. The average Bonchev–Trinajstić information content (AvgIpc) is 2.98. The lowest BCUT2D eigenvalue weighted by Gasteiger charge is -2.35. The van der Waals surface area contributed by atoms with Gasteiger partial charge in [0, 0.05) is 34.3 Å². The summed E-state index contributed by atoms with van der Waals surface area (Å²) in [5, 5.41) is 0.763. The topological polar surface area (TPSA) is 23.6 Å². The summed E-state index contributed by atoms with van der Waals surface area (Å²) < 4.78 is 1.08. The molecule has 27 heavy (non-hydrogen) atoms. The van der Waals surface area contributed by atoms with Crippen molar-refractivity contribution < 1.29 is 4.79 Å². The third-order valence-electron chi connectivity index (χ3n) is 5.67. The third-order valence-corrected chi connectivity index (χ3v) is 6.41. The Balaban J connectivity index is 1.47. The Bertz CT molecular complexity index is 839. The van der Waals surface area contributed by atoms with Gasteiger partial charge in [-0.1, -0.05) is 39.7 Å². The van der Waals surface area contributed by atoms with Gasteiger partial charge in [0.15, 0.2) is 0 Å². The molecule has 3 nitrogen and oxygen atoms in total. The normalized spacial score (nSPS) is 22.7. The number of piperidine rings is 1. The summed E-state index contributed by atoms with van der Waals surface area (Å²) in [5.41, 5.74) is 3.60. The second-order valence-corrected chi connectivity index (χ2v) is 9.09. The minimum absolute atomic E-state index is 0.0723. The van der Waals surface area contributed by atoms with Crippen LogP contribution in [0, 0.1) is 5.92 Å². The lowest BCUT2D eigenvalue weighted by atomic mass is 9.95. The van der Waals surface area contributed by atoms with Crippen LogP contribution in [0.1, 0.15) is 30.9 Å². The van der Waals surface area contributed by atoms with Crippen LogP contribution < -0.4 is 4.90 Å². The zero-order valence-electron chi connectivity index (χ0n) is 15.5. The van der Waals surface area contributed by atoms with Crippen LogP contribution in [0.2, 0.25) is 5.02 Å². The summed E-state index contributed by atoms with van der Waals surface area (Å²) in [6.45, 7) is 4.90. The van der Waals surface area contributed by atoms with Crippen molar-refractivity contribution >= 4 is 39.1 Å². The van der Waals surface area contributed by atoms with Crippen LogP contribution in [0.4, 0.5) is 5.69 Å². The van der Waals surface area contributed by atoms with E-state index in [1.807, 2.05) is 23.1 Å². The Morgan fingerprint density at radius 1 is 1.22 bits per heavy atom. The second kappa shape index (κ2) is 7.94. The lowest BCUT2D eigenvalue weighted by Crippen LogP contribution is -2.46. The highest BCUT2D eigenvalue weighted by Crippen LogP contribution is 2.36. The maximum absolute atomic E-state index is 13.4. The Morgan fingerprint density at radius 2 is 2.00 bits per heavy atom. The van der Waals surface area contributed by atoms with Gasteiger partial charge in [-0.25, -0.2) is 0 Å². The molecule has 142 valence electrons. The van der Waals surface area contributed by atoms with Crippen molar-refractivity contribution in [3.05, 3.63) is 63.1 Å². The van der Waals surface area contributed by atoms with E-state index in [9.17, 15) is 4.79 Å². The summed E-state index contributed by atoms with van der Waals surface area (Å²) in [4.78, 5) is 17.8. The molecule has 0 N–H and O–H groups in total. The number of rotatable bonds is 3. The standard InChI is InChI=1S/C22H24BrClN2O/c1-15-11-18-12-19(23)6-9-21(18)26(15)22(27)17-3-2-10-25(14-17)13-16-4-7-20(24)8-5-16/h4-9,12,15,17H,2-3,10-11,13-14H2,1H3. The van der Waals surface area contributed by atoms with Crippen LogP contribution >= 0.6 is 27.5 Å². The van der Waals surface area contributed by atoms with Gasteiger partial charge >= 0.3 is 0 Å². The van der Waals surface area contributed by atoms with Crippen LogP contribution in [-0.2, 0) is 17.8 Å². The van der Waals surface area contributed by atoms with Gasteiger partial charge in [-0.05, 0) is 74.2 Å². The fraction of sp³-hybridized carbons (Fsp3) is 0.409. The van der Waals surface area contributed by atoms with Crippen LogP contribution in [0.15, 0.2) is 46.9 Å². The Morgan fingerprint density at radius 3 is 2.78 bits per heavy atom. The molecule has 0 bridgehead atoms.